The maximum Gasteiger partial charge on any atom is 0.0850 e. The second kappa shape index (κ2) is 5.43. The highest BCUT2D eigenvalue weighted by Gasteiger charge is 2.23. The van der Waals surface area contributed by atoms with E-state index in [1.807, 2.05) is 13.0 Å². The Kier molecular flexibility index (Phi) is 3.93. The summed E-state index contributed by atoms with van der Waals surface area (Å²) in [5, 5.41) is 0. The number of nitrogens with zero attached hydrogens (tertiary/aromatic N) is 1. The van der Waals surface area contributed by atoms with Crippen molar-refractivity contribution < 1.29 is 4.74 Å². The molecular weight excluding hydrogens is 200 g/mol. The molecule has 0 bridgehead atoms. The smallest absolute Gasteiger partial charge is 0.0850 e. The molecule has 0 aliphatic carbocycles. The Morgan fingerprint density at radius 1 is 1.44 bits per heavy atom. The van der Waals surface area contributed by atoms with Crippen molar-refractivity contribution in [3.8, 4) is 0 Å². The Balaban J connectivity index is 1.90. The molecular formula is C13H20N2O. The number of ether oxygens (including phenoxy) is 1. The first-order valence-corrected chi connectivity index (χ1v) is 5.89. The summed E-state index contributed by atoms with van der Waals surface area (Å²) in [4.78, 5) is 2.41. The van der Waals surface area contributed by atoms with Crippen LogP contribution in [0.15, 0.2) is 30.3 Å². The van der Waals surface area contributed by atoms with E-state index in [-0.39, 0.29) is 12.1 Å². The lowest BCUT2D eigenvalue weighted by molar-refractivity contribution is -0.0403. The molecule has 3 heteroatoms. The molecule has 0 amide bonds. The molecule has 0 radical (unpaired) electrons. The van der Waals surface area contributed by atoms with Gasteiger partial charge < -0.3 is 10.5 Å². The van der Waals surface area contributed by atoms with E-state index in [1.54, 1.807) is 0 Å². The lowest BCUT2D eigenvalue weighted by atomic mass is 10.1. The summed E-state index contributed by atoms with van der Waals surface area (Å²) < 4.78 is 5.64. The normalized spacial score (nSPS) is 24.2. The molecule has 0 spiro atoms. The Morgan fingerprint density at radius 3 is 2.88 bits per heavy atom. The maximum absolute atomic E-state index is 5.87. The van der Waals surface area contributed by atoms with Crippen LogP contribution in [0.5, 0.6) is 0 Å². The van der Waals surface area contributed by atoms with Gasteiger partial charge in [0.05, 0.1) is 12.7 Å². The fourth-order valence-corrected chi connectivity index (χ4v) is 2.03. The Labute approximate surface area is 97.2 Å². The van der Waals surface area contributed by atoms with E-state index in [4.69, 9.17) is 10.5 Å². The third-order valence-corrected chi connectivity index (χ3v) is 3.01. The second-order valence-corrected chi connectivity index (χ2v) is 4.49. The number of hydrogen-bond acceptors (Lipinski definition) is 3. The Hall–Kier alpha value is -0.900. The molecule has 2 atom stereocenters. The zero-order valence-corrected chi connectivity index (χ0v) is 9.80. The summed E-state index contributed by atoms with van der Waals surface area (Å²) in [6.07, 6.45) is 0.178. The van der Waals surface area contributed by atoms with Gasteiger partial charge in [-0.3, -0.25) is 4.90 Å². The zero-order valence-electron chi connectivity index (χ0n) is 9.80. The minimum atomic E-state index is 0.110. The summed E-state index contributed by atoms with van der Waals surface area (Å²) in [7, 11) is 0. The van der Waals surface area contributed by atoms with E-state index < -0.39 is 0 Å². The molecule has 1 saturated heterocycles. The predicted molar refractivity (Wildman–Crippen MR) is 65.1 cm³/mol. The van der Waals surface area contributed by atoms with Gasteiger partial charge in [-0.2, -0.15) is 0 Å². The number of nitrogens with two attached hydrogens (primary N) is 1. The van der Waals surface area contributed by atoms with Crippen LogP contribution in [0, 0.1) is 0 Å². The first kappa shape index (κ1) is 11.6. The average Bonchev–Trinajstić information content (AvgIpc) is 2.30. The SMILES string of the molecule is C[C@H](N)C1CN(Cc2ccccc2)CCO1. The van der Waals surface area contributed by atoms with Gasteiger partial charge in [0.15, 0.2) is 0 Å². The van der Waals surface area contributed by atoms with Gasteiger partial charge in [-0.05, 0) is 12.5 Å². The molecule has 1 aliphatic rings. The van der Waals surface area contributed by atoms with Crippen LogP contribution in [0.25, 0.3) is 0 Å². The van der Waals surface area contributed by atoms with Gasteiger partial charge in [0, 0.05) is 25.7 Å². The first-order chi connectivity index (χ1) is 7.75. The molecule has 88 valence electrons. The minimum absolute atomic E-state index is 0.110. The zero-order chi connectivity index (χ0) is 11.4. The van der Waals surface area contributed by atoms with Crippen molar-refractivity contribution in [2.45, 2.75) is 25.6 Å². The lowest BCUT2D eigenvalue weighted by Gasteiger charge is -2.34. The third kappa shape index (κ3) is 3.04. The summed E-state index contributed by atoms with van der Waals surface area (Å²) in [5.41, 5.74) is 7.23. The van der Waals surface area contributed by atoms with E-state index in [0.29, 0.717) is 0 Å². The summed E-state index contributed by atoms with van der Waals surface area (Å²) in [6, 6.07) is 10.6. The lowest BCUT2D eigenvalue weighted by Crippen LogP contribution is -2.49. The molecule has 3 nitrogen and oxygen atoms in total. The summed E-state index contributed by atoms with van der Waals surface area (Å²) in [6.45, 7) is 5.73. The van der Waals surface area contributed by atoms with Gasteiger partial charge in [-0.1, -0.05) is 30.3 Å². The molecule has 2 rings (SSSR count). The van der Waals surface area contributed by atoms with E-state index in [1.165, 1.54) is 5.56 Å². The number of hydrogen-bond donors (Lipinski definition) is 1. The fraction of sp³-hybridized carbons (Fsp3) is 0.538. The van der Waals surface area contributed by atoms with E-state index in [2.05, 4.69) is 29.2 Å². The van der Waals surface area contributed by atoms with Gasteiger partial charge in [0.25, 0.3) is 0 Å². The van der Waals surface area contributed by atoms with Crippen LogP contribution < -0.4 is 5.73 Å². The summed E-state index contributed by atoms with van der Waals surface area (Å²) >= 11 is 0. The van der Waals surface area contributed by atoms with E-state index in [9.17, 15) is 0 Å². The highest BCUT2D eigenvalue weighted by Crippen LogP contribution is 2.11. The number of rotatable bonds is 3. The van der Waals surface area contributed by atoms with E-state index >= 15 is 0 Å². The van der Waals surface area contributed by atoms with Crippen LogP contribution in [0.2, 0.25) is 0 Å². The molecule has 1 heterocycles. The predicted octanol–water partition coefficient (Wildman–Crippen LogP) is 1.23. The molecule has 0 aromatic heterocycles. The van der Waals surface area contributed by atoms with E-state index in [0.717, 1.165) is 26.2 Å². The van der Waals surface area contributed by atoms with Gasteiger partial charge in [-0.25, -0.2) is 0 Å². The van der Waals surface area contributed by atoms with Crippen LogP contribution in [-0.4, -0.2) is 36.7 Å². The maximum atomic E-state index is 5.87. The second-order valence-electron chi connectivity index (χ2n) is 4.49. The quantitative estimate of drug-likeness (QED) is 0.833. The van der Waals surface area contributed by atoms with Crippen molar-refractivity contribution in [2.75, 3.05) is 19.7 Å². The standard InChI is InChI=1S/C13H20N2O/c1-11(14)13-10-15(7-8-16-13)9-12-5-3-2-4-6-12/h2-6,11,13H,7-10,14H2,1H3/t11-,13?/m0/s1. The Bertz CT molecular complexity index is 313. The molecule has 1 aromatic rings. The molecule has 2 N–H and O–H groups in total. The molecule has 1 aromatic carbocycles. The molecule has 1 unspecified atom stereocenters. The average molecular weight is 220 g/mol. The molecule has 1 aliphatic heterocycles. The van der Waals surface area contributed by atoms with Crippen molar-refractivity contribution in [1.82, 2.24) is 4.90 Å². The van der Waals surface area contributed by atoms with Gasteiger partial charge >= 0.3 is 0 Å². The van der Waals surface area contributed by atoms with Crippen LogP contribution in [0.3, 0.4) is 0 Å². The fourth-order valence-electron chi connectivity index (χ4n) is 2.03. The highest BCUT2D eigenvalue weighted by molar-refractivity contribution is 5.14. The van der Waals surface area contributed by atoms with Crippen LogP contribution in [0.1, 0.15) is 12.5 Å². The summed E-state index contributed by atoms with van der Waals surface area (Å²) in [5.74, 6) is 0. The van der Waals surface area contributed by atoms with Crippen LogP contribution in [0.4, 0.5) is 0 Å². The molecule has 16 heavy (non-hydrogen) atoms. The monoisotopic (exact) mass is 220 g/mol. The van der Waals surface area contributed by atoms with Gasteiger partial charge in [0.1, 0.15) is 0 Å². The van der Waals surface area contributed by atoms with Gasteiger partial charge in [0.2, 0.25) is 0 Å². The van der Waals surface area contributed by atoms with Crippen molar-refractivity contribution in [3.63, 3.8) is 0 Å². The van der Waals surface area contributed by atoms with Crippen molar-refractivity contribution in [2.24, 2.45) is 5.73 Å². The molecule has 1 fully saturated rings. The van der Waals surface area contributed by atoms with Crippen LogP contribution in [-0.2, 0) is 11.3 Å². The third-order valence-electron chi connectivity index (χ3n) is 3.01. The van der Waals surface area contributed by atoms with Crippen molar-refractivity contribution in [3.05, 3.63) is 35.9 Å². The number of benzene rings is 1. The largest absolute Gasteiger partial charge is 0.374 e. The first-order valence-electron chi connectivity index (χ1n) is 5.89. The van der Waals surface area contributed by atoms with Crippen LogP contribution >= 0.6 is 0 Å². The minimum Gasteiger partial charge on any atom is -0.374 e. The molecule has 0 saturated carbocycles. The topological polar surface area (TPSA) is 38.5 Å². The van der Waals surface area contributed by atoms with Crippen molar-refractivity contribution >= 4 is 0 Å². The van der Waals surface area contributed by atoms with Gasteiger partial charge in [-0.15, -0.1) is 0 Å². The highest BCUT2D eigenvalue weighted by atomic mass is 16.5. The van der Waals surface area contributed by atoms with Crippen molar-refractivity contribution in [1.29, 1.82) is 0 Å². The Morgan fingerprint density at radius 2 is 2.19 bits per heavy atom. The number of morpholine rings is 1.